The molecule has 0 aliphatic heterocycles. The summed E-state index contributed by atoms with van der Waals surface area (Å²) in [6, 6.07) is 22.0. The van der Waals surface area contributed by atoms with Crippen LogP contribution in [0.5, 0.6) is 0 Å². The zero-order chi connectivity index (χ0) is 17.2. The van der Waals surface area contributed by atoms with Crippen molar-refractivity contribution in [2.75, 3.05) is 11.4 Å². The first-order valence-corrected chi connectivity index (χ1v) is 8.51. The van der Waals surface area contributed by atoms with Gasteiger partial charge in [-0.2, -0.15) is 0 Å². The topological polar surface area (TPSA) is 33.5 Å². The van der Waals surface area contributed by atoms with E-state index < -0.39 is 0 Å². The van der Waals surface area contributed by atoms with Gasteiger partial charge in [0.15, 0.2) is 0 Å². The maximum Gasteiger partial charge on any atom is 0.231 e. The number of likely N-dealkylation sites (N-methyl/N-ethyl adjacent to an activating group) is 1. The number of amides is 1. The summed E-state index contributed by atoms with van der Waals surface area (Å²) in [7, 11) is 0. The van der Waals surface area contributed by atoms with Crippen LogP contribution in [-0.2, 0) is 11.2 Å². The van der Waals surface area contributed by atoms with Gasteiger partial charge in [-0.15, -0.1) is 0 Å². The van der Waals surface area contributed by atoms with Crippen molar-refractivity contribution in [2.45, 2.75) is 13.3 Å². The van der Waals surface area contributed by atoms with E-state index in [1.54, 1.807) is 6.26 Å². The molecular weight excluding hydrogens is 310 g/mol. The Morgan fingerprint density at radius 1 is 0.960 bits per heavy atom. The van der Waals surface area contributed by atoms with Gasteiger partial charge >= 0.3 is 0 Å². The molecule has 25 heavy (non-hydrogen) atoms. The molecule has 124 valence electrons. The molecule has 1 aromatic heterocycles. The molecule has 3 nitrogen and oxygen atoms in total. The number of nitrogens with zero attached hydrogens (tertiary/aromatic N) is 1. The van der Waals surface area contributed by atoms with Gasteiger partial charge in [0.25, 0.3) is 0 Å². The summed E-state index contributed by atoms with van der Waals surface area (Å²) in [6.07, 6.45) is 2.04. The Balaban J connectivity index is 1.73. The average molecular weight is 329 g/mol. The lowest BCUT2D eigenvalue weighted by Gasteiger charge is -2.20. The lowest BCUT2D eigenvalue weighted by atomic mass is 10.0. The fourth-order valence-electron chi connectivity index (χ4n) is 3.37. The highest BCUT2D eigenvalue weighted by Gasteiger charge is 2.18. The Hall–Kier alpha value is -3.07. The number of fused-ring (bicyclic) bond motifs is 3. The van der Waals surface area contributed by atoms with Crippen molar-refractivity contribution in [3.63, 3.8) is 0 Å². The largest absolute Gasteiger partial charge is 0.464 e. The quantitative estimate of drug-likeness (QED) is 0.517. The summed E-state index contributed by atoms with van der Waals surface area (Å²) in [6.45, 7) is 2.63. The lowest BCUT2D eigenvalue weighted by molar-refractivity contribution is -0.117. The first-order chi connectivity index (χ1) is 12.3. The van der Waals surface area contributed by atoms with Crippen LogP contribution in [0.2, 0.25) is 0 Å². The molecule has 0 radical (unpaired) electrons. The summed E-state index contributed by atoms with van der Waals surface area (Å²) in [5.41, 5.74) is 2.68. The minimum Gasteiger partial charge on any atom is -0.464 e. The van der Waals surface area contributed by atoms with Gasteiger partial charge in [-0.05, 0) is 35.9 Å². The fourth-order valence-corrected chi connectivity index (χ4v) is 3.37. The Bertz CT molecular complexity index is 1030. The number of carbonyl (C=O) groups excluding carboxylic acids is 1. The smallest absolute Gasteiger partial charge is 0.231 e. The van der Waals surface area contributed by atoms with E-state index in [4.69, 9.17) is 4.42 Å². The monoisotopic (exact) mass is 329 g/mol. The van der Waals surface area contributed by atoms with Gasteiger partial charge in [0.1, 0.15) is 5.58 Å². The maximum atomic E-state index is 12.9. The third kappa shape index (κ3) is 2.78. The van der Waals surface area contributed by atoms with Crippen LogP contribution >= 0.6 is 0 Å². The summed E-state index contributed by atoms with van der Waals surface area (Å²) in [5.74, 6) is 0.0735. The number of hydrogen-bond donors (Lipinski definition) is 0. The molecule has 4 rings (SSSR count). The van der Waals surface area contributed by atoms with E-state index in [9.17, 15) is 4.79 Å². The SMILES string of the molecule is CCN(C(=O)Cc1coc2ccc3ccccc3c12)c1ccccc1. The van der Waals surface area contributed by atoms with E-state index >= 15 is 0 Å². The number of anilines is 1. The van der Waals surface area contributed by atoms with Crippen LogP contribution in [0.25, 0.3) is 21.7 Å². The van der Waals surface area contributed by atoms with E-state index in [1.165, 1.54) is 0 Å². The van der Waals surface area contributed by atoms with Gasteiger partial charge < -0.3 is 9.32 Å². The molecule has 0 unspecified atom stereocenters. The highest BCUT2D eigenvalue weighted by atomic mass is 16.3. The Morgan fingerprint density at radius 3 is 2.52 bits per heavy atom. The van der Waals surface area contributed by atoms with Gasteiger partial charge in [0.2, 0.25) is 5.91 Å². The number of hydrogen-bond acceptors (Lipinski definition) is 2. The molecule has 3 heteroatoms. The first kappa shape index (κ1) is 15.5. The van der Waals surface area contributed by atoms with Crippen LogP contribution in [0, 0.1) is 0 Å². The summed E-state index contributed by atoms with van der Waals surface area (Å²) in [4.78, 5) is 14.7. The molecule has 0 aliphatic carbocycles. The van der Waals surface area contributed by atoms with E-state index in [1.807, 2.05) is 60.4 Å². The van der Waals surface area contributed by atoms with Crippen LogP contribution in [0.3, 0.4) is 0 Å². The Kier molecular flexibility index (Phi) is 3.98. The summed E-state index contributed by atoms with van der Waals surface area (Å²) in [5, 5.41) is 3.32. The zero-order valence-corrected chi connectivity index (χ0v) is 14.1. The van der Waals surface area contributed by atoms with Crippen molar-refractivity contribution in [2.24, 2.45) is 0 Å². The normalized spacial score (nSPS) is 11.1. The Morgan fingerprint density at radius 2 is 1.72 bits per heavy atom. The first-order valence-electron chi connectivity index (χ1n) is 8.51. The van der Waals surface area contributed by atoms with Crippen LogP contribution < -0.4 is 4.90 Å². The number of rotatable bonds is 4. The molecule has 0 aliphatic rings. The van der Waals surface area contributed by atoms with Gasteiger partial charge in [-0.1, -0.05) is 48.5 Å². The zero-order valence-electron chi connectivity index (χ0n) is 14.1. The van der Waals surface area contributed by atoms with E-state index in [0.29, 0.717) is 13.0 Å². The van der Waals surface area contributed by atoms with Crippen molar-refractivity contribution in [3.05, 3.63) is 78.6 Å². The molecule has 4 aromatic rings. The highest BCUT2D eigenvalue weighted by molar-refractivity contribution is 6.09. The van der Waals surface area contributed by atoms with E-state index in [2.05, 4.69) is 18.2 Å². The third-order valence-electron chi connectivity index (χ3n) is 4.57. The van der Waals surface area contributed by atoms with Crippen LogP contribution in [-0.4, -0.2) is 12.5 Å². The molecule has 0 fully saturated rings. The minimum atomic E-state index is 0.0735. The highest BCUT2D eigenvalue weighted by Crippen LogP contribution is 2.30. The van der Waals surface area contributed by atoms with Crippen LogP contribution in [0.1, 0.15) is 12.5 Å². The number of furan rings is 1. The van der Waals surface area contributed by atoms with Crippen molar-refractivity contribution in [1.29, 1.82) is 0 Å². The predicted molar refractivity (Wildman–Crippen MR) is 102 cm³/mol. The molecule has 1 amide bonds. The molecule has 0 N–H and O–H groups in total. The third-order valence-corrected chi connectivity index (χ3v) is 4.57. The number of para-hydroxylation sites is 1. The number of benzene rings is 3. The second-order valence-electron chi connectivity index (χ2n) is 6.07. The molecule has 0 saturated heterocycles. The predicted octanol–water partition coefficient (Wildman–Crippen LogP) is 5.18. The van der Waals surface area contributed by atoms with Crippen molar-refractivity contribution in [3.8, 4) is 0 Å². The Labute approximate surface area is 146 Å². The molecule has 1 heterocycles. The minimum absolute atomic E-state index is 0.0735. The van der Waals surface area contributed by atoms with Gasteiger partial charge in [-0.25, -0.2) is 0 Å². The molecular formula is C22H19NO2. The number of carbonyl (C=O) groups is 1. The maximum absolute atomic E-state index is 12.9. The van der Waals surface area contributed by atoms with Crippen molar-refractivity contribution in [1.82, 2.24) is 0 Å². The standard InChI is InChI=1S/C22H19NO2/c1-2-23(18-9-4-3-5-10-18)21(24)14-17-15-25-20-13-12-16-8-6-7-11-19(16)22(17)20/h3-13,15H,2,14H2,1H3. The van der Waals surface area contributed by atoms with E-state index in [-0.39, 0.29) is 5.91 Å². The van der Waals surface area contributed by atoms with Gasteiger partial charge in [0.05, 0.1) is 12.7 Å². The van der Waals surface area contributed by atoms with Gasteiger partial charge in [-0.3, -0.25) is 4.79 Å². The second kappa shape index (κ2) is 6.44. The molecule has 0 spiro atoms. The summed E-state index contributed by atoms with van der Waals surface area (Å²) >= 11 is 0. The van der Waals surface area contributed by atoms with Crippen LogP contribution in [0.4, 0.5) is 5.69 Å². The molecule has 0 bridgehead atoms. The molecule has 3 aromatic carbocycles. The lowest BCUT2D eigenvalue weighted by Crippen LogP contribution is -2.31. The van der Waals surface area contributed by atoms with E-state index in [0.717, 1.165) is 33.0 Å². The van der Waals surface area contributed by atoms with Crippen LogP contribution in [0.15, 0.2) is 77.4 Å². The van der Waals surface area contributed by atoms with Crippen molar-refractivity contribution >= 4 is 33.3 Å². The van der Waals surface area contributed by atoms with Crippen molar-refractivity contribution < 1.29 is 9.21 Å². The average Bonchev–Trinajstić information content (AvgIpc) is 3.06. The fraction of sp³-hybridized carbons (Fsp3) is 0.136. The summed E-state index contributed by atoms with van der Waals surface area (Å²) < 4.78 is 5.71. The molecule has 0 saturated carbocycles. The molecule has 0 atom stereocenters. The van der Waals surface area contributed by atoms with Gasteiger partial charge in [0, 0.05) is 23.2 Å². The second-order valence-corrected chi connectivity index (χ2v) is 6.07.